The van der Waals surface area contributed by atoms with Crippen LogP contribution in [0.3, 0.4) is 0 Å². The fourth-order valence-corrected chi connectivity index (χ4v) is 3.32. The molecule has 2 aromatic carbocycles. The highest BCUT2D eigenvalue weighted by atomic mass is 16.5. The summed E-state index contributed by atoms with van der Waals surface area (Å²) in [5.41, 5.74) is 2.11. The zero-order valence-corrected chi connectivity index (χ0v) is 14.9. The Labute approximate surface area is 153 Å². The molecule has 0 saturated carbocycles. The van der Waals surface area contributed by atoms with Crippen LogP contribution < -0.4 is 15.4 Å². The molecular formula is C21H23N3O2. The second kappa shape index (κ2) is 7.52. The van der Waals surface area contributed by atoms with Crippen molar-refractivity contribution in [1.29, 1.82) is 0 Å². The standard InChI is InChI=1S/C21H23N3O2/c1-22-21(24-18-11-13-25-20-9-5-3-7-17(18)20)23-12-10-16-14-15-6-2-4-8-19(15)26-16/h2-9,14,18H,10-13H2,1H3,(H2,22,23,24). The largest absolute Gasteiger partial charge is 0.493 e. The second-order valence-electron chi connectivity index (χ2n) is 6.37. The van der Waals surface area contributed by atoms with Gasteiger partial charge in [-0.1, -0.05) is 36.4 Å². The minimum absolute atomic E-state index is 0.206. The average Bonchev–Trinajstić information content (AvgIpc) is 3.10. The van der Waals surface area contributed by atoms with Gasteiger partial charge in [-0.15, -0.1) is 0 Å². The van der Waals surface area contributed by atoms with Gasteiger partial charge in [-0.3, -0.25) is 4.99 Å². The van der Waals surface area contributed by atoms with Gasteiger partial charge in [-0.05, 0) is 18.2 Å². The molecule has 0 aliphatic carbocycles. The zero-order chi connectivity index (χ0) is 17.8. The number of ether oxygens (including phenoxy) is 1. The molecule has 1 atom stereocenters. The summed E-state index contributed by atoms with van der Waals surface area (Å²) < 4.78 is 11.6. The zero-order valence-electron chi connectivity index (χ0n) is 14.9. The number of nitrogens with one attached hydrogen (secondary N) is 2. The van der Waals surface area contributed by atoms with Crippen LogP contribution in [0, 0.1) is 0 Å². The van der Waals surface area contributed by atoms with Gasteiger partial charge in [0.2, 0.25) is 0 Å². The molecule has 0 saturated heterocycles. The summed E-state index contributed by atoms with van der Waals surface area (Å²) in [7, 11) is 1.79. The quantitative estimate of drug-likeness (QED) is 0.557. The monoisotopic (exact) mass is 349 g/mol. The van der Waals surface area contributed by atoms with Crippen molar-refractivity contribution in [3.63, 3.8) is 0 Å². The molecule has 0 fully saturated rings. The van der Waals surface area contributed by atoms with Crippen LogP contribution in [0.15, 0.2) is 64.0 Å². The summed E-state index contributed by atoms with van der Waals surface area (Å²) >= 11 is 0. The number of rotatable bonds is 4. The summed E-state index contributed by atoms with van der Waals surface area (Å²) in [6.45, 7) is 1.47. The Morgan fingerprint density at radius 2 is 2.00 bits per heavy atom. The lowest BCUT2D eigenvalue weighted by Crippen LogP contribution is -2.41. The molecule has 0 amide bonds. The van der Waals surface area contributed by atoms with E-state index in [2.05, 4.69) is 33.8 Å². The van der Waals surface area contributed by atoms with Crippen LogP contribution >= 0.6 is 0 Å². The van der Waals surface area contributed by atoms with E-state index in [1.165, 1.54) is 5.56 Å². The predicted molar refractivity (Wildman–Crippen MR) is 104 cm³/mol. The van der Waals surface area contributed by atoms with E-state index in [-0.39, 0.29) is 6.04 Å². The van der Waals surface area contributed by atoms with Crippen molar-refractivity contribution in [1.82, 2.24) is 10.6 Å². The Hall–Kier alpha value is -2.95. The molecule has 1 aliphatic heterocycles. The molecule has 1 aliphatic rings. The molecule has 5 heteroatoms. The van der Waals surface area contributed by atoms with Crippen LogP contribution in [0.4, 0.5) is 0 Å². The first-order valence-electron chi connectivity index (χ1n) is 9.00. The maximum atomic E-state index is 5.86. The molecular weight excluding hydrogens is 326 g/mol. The number of fused-ring (bicyclic) bond motifs is 2. The molecule has 0 bridgehead atoms. The molecule has 2 N–H and O–H groups in total. The van der Waals surface area contributed by atoms with E-state index in [1.807, 2.05) is 36.4 Å². The SMILES string of the molecule is CN=C(NCCc1cc2ccccc2o1)NC1CCOc2ccccc21. The predicted octanol–water partition coefficient (Wildman–Crippen LogP) is 3.66. The molecule has 1 unspecified atom stereocenters. The second-order valence-corrected chi connectivity index (χ2v) is 6.37. The van der Waals surface area contributed by atoms with Crippen molar-refractivity contribution in [2.45, 2.75) is 18.9 Å². The molecule has 1 aromatic heterocycles. The van der Waals surface area contributed by atoms with E-state index >= 15 is 0 Å². The molecule has 5 nitrogen and oxygen atoms in total. The van der Waals surface area contributed by atoms with Crippen molar-refractivity contribution in [3.8, 4) is 5.75 Å². The summed E-state index contributed by atoms with van der Waals surface area (Å²) in [4.78, 5) is 4.35. The smallest absolute Gasteiger partial charge is 0.191 e. The van der Waals surface area contributed by atoms with E-state index in [0.717, 1.165) is 47.8 Å². The summed E-state index contributed by atoms with van der Waals surface area (Å²) in [5.74, 6) is 2.72. The number of nitrogens with zero attached hydrogens (tertiary/aromatic N) is 1. The third-order valence-electron chi connectivity index (χ3n) is 4.63. The van der Waals surface area contributed by atoms with E-state index < -0.39 is 0 Å². The summed E-state index contributed by atoms with van der Waals surface area (Å²) in [5, 5.41) is 8.02. The van der Waals surface area contributed by atoms with Gasteiger partial charge < -0.3 is 19.8 Å². The minimum atomic E-state index is 0.206. The van der Waals surface area contributed by atoms with E-state index in [9.17, 15) is 0 Å². The van der Waals surface area contributed by atoms with Crippen molar-refractivity contribution in [2.75, 3.05) is 20.2 Å². The molecule has 2 heterocycles. The first kappa shape index (κ1) is 16.5. The van der Waals surface area contributed by atoms with Crippen LogP contribution in [-0.4, -0.2) is 26.2 Å². The van der Waals surface area contributed by atoms with Gasteiger partial charge in [0.15, 0.2) is 5.96 Å². The topological polar surface area (TPSA) is 58.8 Å². The highest BCUT2D eigenvalue weighted by Gasteiger charge is 2.21. The Bertz CT molecular complexity index is 883. The molecule has 0 spiro atoms. The van der Waals surface area contributed by atoms with Crippen LogP contribution in [0.1, 0.15) is 23.8 Å². The van der Waals surface area contributed by atoms with Crippen LogP contribution in [0.2, 0.25) is 0 Å². The number of para-hydroxylation sites is 2. The Morgan fingerprint density at radius 3 is 2.88 bits per heavy atom. The van der Waals surface area contributed by atoms with Crippen LogP contribution in [-0.2, 0) is 6.42 Å². The van der Waals surface area contributed by atoms with Gasteiger partial charge in [-0.2, -0.15) is 0 Å². The fraction of sp³-hybridized carbons (Fsp3) is 0.286. The van der Waals surface area contributed by atoms with Crippen molar-refractivity contribution >= 4 is 16.9 Å². The lowest BCUT2D eigenvalue weighted by atomic mass is 10.0. The first-order valence-corrected chi connectivity index (χ1v) is 9.00. The molecule has 3 aromatic rings. The third-order valence-corrected chi connectivity index (χ3v) is 4.63. The van der Waals surface area contributed by atoms with E-state index in [0.29, 0.717) is 6.61 Å². The maximum Gasteiger partial charge on any atom is 0.191 e. The summed E-state index contributed by atoms with van der Waals surface area (Å²) in [6.07, 6.45) is 1.72. The lowest BCUT2D eigenvalue weighted by Gasteiger charge is -2.28. The highest BCUT2D eigenvalue weighted by Crippen LogP contribution is 2.31. The van der Waals surface area contributed by atoms with Gasteiger partial charge in [0.05, 0.1) is 12.6 Å². The number of guanidine groups is 1. The first-order chi connectivity index (χ1) is 12.8. The summed E-state index contributed by atoms with van der Waals surface area (Å²) in [6, 6.07) is 18.5. The van der Waals surface area contributed by atoms with Crippen molar-refractivity contribution in [2.24, 2.45) is 4.99 Å². The van der Waals surface area contributed by atoms with Crippen LogP contribution in [0.25, 0.3) is 11.0 Å². The lowest BCUT2D eigenvalue weighted by molar-refractivity contribution is 0.261. The van der Waals surface area contributed by atoms with Gasteiger partial charge >= 0.3 is 0 Å². The highest BCUT2D eigenvalue weighted by molar-refractivity contribution is 5.80. The maximum absolute atomic E-state index is 5.86. The Balaban J connectivity index is 1.35. The minimum Gasteiger partial charge on any atom is -0.493 e. The van der Waals surface area contributed by atoms with Crippen LogP contribution in [0.5, 0.6) is 5.75 Å². The van der Waals surface area contributed by atoms with Gasteiger partial charge in [-0.25, -0.2) is 0 Å². The average molecular weight is 349 g/mol. The van der Waals surface area contributed by atoms with Crippen molar-refractivity contribution in [3.05, 3.63) is 65.9 Å². The van der Waals surface area contributed by atoms with E-state index in [4.69, 9.17) is 9.15 Å². The number of benzene rings is 2. The fourth-order valence-electron chi connectivity index (χ4n) is 3.32. The molecule has 0 radical (unpaired) electrons. The molecule has 26 heavy (non-hydrogen) atoms. The number of hydrogen-bond donors (Lipinski definition) is 2. The molecule has 4 rings (SSSR count). The number of aliphatic imine (C=N–C) groups is 1. The van der Waals surface area contributed by atoms with Gasteiger partial charge in [0.25, 0.3) is 0 Å². The normalized spacial score (nSPS) is 16.8. The number of furan rings is 1. The van der Waals surface area contributed by atoms with Gasteiger partial charge in [0.1, 0.15) is 17.1 Å². The Kier molecular flexibility index (Phi) is 4.78. The molecule has 134 valence electrons. The van der Waals surface area contributed by atoms with E-state index in [1.54, 1.807) is 7.05 Å². The Morgan fingerprint density at radius 1 is 1.15 bits per heavy atom. The van der Waals surface area contributed by atoms with Gasteiger partial charge in [0, 0.05) is 37.4 Å². The number of hydrogen-bond acceptors (Lipinski definition) is 3. The third kappa shape index (κ3) is 3.52. The van der Waals surface area contributed by atoms with Crippen molar-refractivity contribution < 1.29 is 9.15 Å².